The number of rotatable bonds is 4. The van der Waals surface area contributed by atoms with Gasteiger partial charge in [0.05, 0.1) is 29.8 Å². The van der Waals surface area contributed by atoms with E-state index in [0.717, 1.165) is 6.07 Å². The minimum Gasteiger partial charge on any atom is -0.382 e. The molecule has 0 bridgehead atoms. The molecule has 0 aliphatic carbocycles. The number of carbonyl (C=O) groups excluding carboxylic acids is 1. The molecule has 1 atom stereocenters. The Morgan fingerprint density at radius 1 is 1.31 bits per heavy atom. The standard InChI is InChI=1S/C20H24F3N3O3/c1-28-13-17-12-25(19(27)14-4-8-29-9-5-14)6-7-26(17)16-3-2-15(11-24)18(10-16)20(21,22)23/h2-3,10,14,17H,4-9,12-13H2,1H3. The monoisotopic (exact) mass is 411 g/mol. The largest absolute Gasteiger partial charge is 0.417 e. The Hall–Kier alpha value is -2.31. The van der Waals surface area contributed by atoms with Crippen LogP contribution in [0.25, 0.3) is 0 Å². The van der Waals surface area contributed by atoms with Crippen LogP contribution in [0.5, 0.6) is 0 Å². The number of anilines is 1. The summed E-state index contributed by atoms with van der Waals surface area (Å²) in [6, 6.07) is 5.06. The second kappa shape index (κ2) is 9.01. The van der Waals surface area contributed by atoms with Crippen LogP contribution < -0.4 is 4.90 Å². The second-order valence-electron chi connectivity index (χ2n) is 7.31. The molecule has 158 valence electrons. The summed E-state index contributed by atoms with van der Waals surface area (Å²) in [7, 11) is 1.53. The Morgan fingerprint density at radius 3 is 2.66 bits per heavy atom. The number of ether oxygens (including phenoxy) is 2. The third-order valence-corrected chi connectivity index (χ3v) is 5.48. The fourth-order valence-corrected chi connectivity index (χ4v) is 3.98. The minimum absolute atomic E-state index is 0.0646. The van der Waals surface area contributed by atoms with Gasteiger partial charge in [-0.1, -0.05) is 0 Å². The van der Waals surface area contributed by atoms with Crippen molar-refractivity contribution in [3.05, 3.63) is 29.3 Å². The molecular formula is C20H24F3N3O3. The van der Waals surface area contributed by atoms with E-state index < -0.39 is 17.3 Å². The van der Waals surface area contributed by atoms with Crippen molar-refractivity contribution in [2.75, 3.05) is 51.5 Å². The summed E-state index contributed by atoms with van der Waals surface area (Å²) in [5.41, 5.74) is -0.983. The molecule has 0 N–H and O–H groups in total. The summed E-state index contributed by atoms with van der Waals surface area (Å²) in [4.78, 5) is 16.5. The highest BCUT2D eigenvalue weighted by molar-refractivity contribution is 5.79. The molecule has 1 unspecified atom stereocenters. The lowest BCUT2D eigenvalue weighted by atomic mass is 9.97. The van der Waals surface area contributed by atoms with Crippen molar-refractivity contribution in [2.24, 2.45) is 5.92 Å². The summed E-state index contributed by atoms with van der Waals surface area (Å²) in [5.74, 6) is 0.00935. The molecule has 3 rings (SSSR count). The average molecular weight is 411 g/mol. The van der Waals surface area contributed by atoms with Crippen LogP contribution in [-0.4, -0.2) is 63.4 Å². The van der Waals surface area contributed by atoms with E-state index in [0.29, 0.717) is 51.4 Å². The van der Waals surface area contributed by atoms with Crippen LogP contribution in [0.1, 0.15) is 24.0 Å². The van der Waals surface area contributed by atoms with Gasteiger partial charge in [-0.3, -0.25) is 4.79 Å². The Kier molecular flexibility index (Phi) is 6.65. The number of nitriles is 1. The minimum atomic E-state index is -4.61. The van der Waals surface area contributed by atoms with E-state index in [4.69, 9.17) is 14.7 Å². The number of nitrogens with zero attached hydrogens (tertiary/aromatic N) is 3. The van der Waals surface area contributed by atoms with Gasteiger partial charge in [-0.25, -0.2) is 0 Å². The van der Waals surface area contributed by atoms with Gasteiger partial charge in [-0.05, 0) is 31.0 Å². The molecule has 9 heteroatoms. The Labute approximate surface area is 167 Å². The predicted octanol–water partition coefficient (Wildman–Crippen LogP) is 2.67. The summed E-state index contributed by atoms with van der Waals surface area (Å²) in [6.07, 6.45) is -3.23. The van der Waals surface area contributed by atoms with Gasteiger partial charge in [0, 0.05) is 51.6 Å². The van der Waals surface area contributed by atoms with Gasteiger partial charge in [-0.15, -0.1) is 0 Å². The van der Waals surface area contributed by atoms with Gasteiger partial charge >= 0.3 is 6.18 Å². The van der Waals surface area contributed by atoms with E-state index in [2.05, 4.69) is 0 Å². The van der Waals surface area contributed by atoms with Gasteiger partial charge in [0.25, 0.3) is 0 Å². The number of hydrogen-bond donors (Lipinski definition) is 0. The maximum absolute atomic E-state index is 13.3. The topological polar surface area (TPSA) is 65.8 Å². The summed E-state index contributed by atoms with van der Waals surface area (Å²) in [6.45, 7) is 2.63. The van der Waals surface area contributed by atoms with E-state index in [9.17, 15) is 18.0 Å². The molecule has 2 aliphatic rings. The normalized spacial score (nSPS) is 21.1. The van der Waals surface area contributed by atoms with E-state index in [-0.39, 0.29) is 24.5 Å². The van der Waals surface area contributed by atoms with Crippen LogP contribution in [0.3, 0.4) is 0 Å². The first-order valence-electron chi connectivity index (χ1n) is 9.58. The smallest absolute Gasteiger partial charge is 0.382 e. The lowest BCUT2D eigenvalue weighted by molar-refractivity contribution is -0.139. The second-order valence-corrected chi connectivity index (χ2v) is 7.31. The maximum Gasteiger partial charge on any atom is 0.417 e. The quantitative estimate of drug-likeness (QED) is 0.762. The number of benzene rings is 1. The molecule has 2 heterocycles. The third kappa shape index (κ3) is 4.82. The summed E-state index contributed by atoms with van der Waals surface area (Å²) in [5, 5.41) is 9.00. The van der Waals surface area contributed by atoms with Gasteiger partial charge in [0.2, 0.25) is 5.91 Å². The fraction of sp³-hybridized carbons (Fsp3) is 0.600. The van der Waals surface area contributed by atoms with Crippen molar-refractivity contribution in [2.45, 2.75) is 25.1 Å². The van der Waals surface area contributed by atoms with Gasteiger partial charge in [0.1, 0.15) is 0 Å². The van der Waals surface area contributed by atoms with Crippen molar-refractivity contribution in [3.63, 3.8) is 0 Å². The van der Waals surface area contributed by atoms with E-state index in [1.165, 1.54) is 19.2 Å². The molecular weight excluding hydrogens is 387 g/mol. The van der Waals surface area contributed by atoms with E-state index >= 15 is 0 Å². The van der Waals surface area contributed by atoms with Crippen LogP contribution in [0.15, 0.2) is 18.2 Å². The number of halogens is 3. The first kappa shape index (κ1) is 21.4. The first-order chi connectivity index (χ1) is 13.8. The molecule has 29 heavy (non-hydrogen) atoms. The molecule has 1 amide bonds. The lowest BCUT2D eigenvalue weighted by Gasteiger charge is -2.43. The molecule has 2 fully saturated rings. The summed E-state index contributed by atoms with van der Waals surface area (Å²) >= 11 is 0. The van der Waals surface area contributed by atoms with E-state index in [1.807, 2.05) is 4.90 Å². The number of methoxy groups -OCH3 is 1. The van der Waals surface area contributed by atoms with Gasteiger partial charge in [0.15, 0.2) is 0 Å². The zero-order valence-electron chi connectivity index (χ0n) is 16.2. The number of alkyl halides is 3. The molecule has 0 spiro atoms. The third-order valence-electron chi connectivity index (χ3n) is 5.48. The Bertz CT molecular complexity index is 772. The highest BCUT2D eigenvalue weighted by Gasteiger charge is 2.37. The molecule has 2 saturated heterocycles. The zero-order valence-corrected chi connectivity index (χ0v) is 16.2. The van der Waals surface area contributed by atoms with Crippen molar-refractivity contribution in [1.29, 1.82) is 5.26 Å². The van der Waals surface area contributed by atoms with Crippen molar-refractivity contribution in [1.82, 2.24) is 4.90 Å². The van der Waals surface area contributed by atoms with Crippen molar-refractivity contribution < 1.29 is 27.4 Å². The fourth-order valence-electron chi connectivity index (χ4n) is 3.98. The predicted molar refractivity (Wildman–Crippen MR) is 99.3 cm³/mol. The van der Waals surface area contributed by atoms with Crippen LogP contribution >= 0.6 is 0 Å². The Balaban J connectivity index is 1.80. The highest BCUT2D eigenvalue weighted by Crippen LogP contribution is 2.35. The molecule has 1 aromatic rings. The van der Waals surface area contributed by atoms with Gasteiger partial charge < -0.3 is 19.3 Å². The van der Waals surface area contributed by atoms with Crippen LogP contribution in [0, 0.1) is 17.2 Å². The molecule has 2 aliphatic heterocycles. The average Bonchev–Trinajstić information content (AvgIpc) is 2.73. The first-order valence-corrected chi connectivity index (χ1v) is 9.58. The molecule has 0 saturated carbocycles. The number of hydrogen-bond acceptors (Lipinski definition) is 5. The molecule has 1 aromatic carbocycles. The van der Waals surface area contributed by atoms with Crippen molar-refractivity contribution >= 4 is 11.6 Å². The van der Waals surface area contributed by atoms with Gasteiger partial charge in [-0.2, -0.15) is 18.4 Å². The van der Waals surface area contributed by atoms with Crippen LogP contribution in [0.2, 0.25) is 0 Å². The van der Waals surface area contributed by atoms with Crippen molar-refractivity contribution in [3.8, 4) is 6.07 Å². The highest BCUT2D eigenvalue weighted by atomic mass is 19.4. The summed E-state index contributed by atoms with van der Waals surface area (Å²) < 4.78 is 50.6. The van der Waals surface area contributed by atoms with Crippen LogP contribution in [-0.2, 0) is 20.4 Å². The molecule has 6 nitrogen and oxygen atoms in total. The molecule has 0 radical (unpaired) electrons. The zero-order chi connectivity index (χ0) is 21.0. The number of amides is 1. The number of piperazine rings is 1. The molecule has 0 aromatic heterocycles. The maximum atomic E-state index is 13.3. The Morgan fingerprint density at radius 2 is 2.03 bits per heavy atom. The number of carbonyl (C=O) groups is 1. The lowest BCUT2D eigenvalue weighted by Crippen LogP contribution is -2.57. The van der Waals surface area contributed by atoms with Crippen LogP contribution in [0.4, 0.5) is 18.9 Å². The van der Waals surface area contributed by atoms with E-state index in [1.54, 1.807) is 11.0 Å². The SMILES string of the molecule is COCC1CN(C(=O)C2CCOCC2)CCN1c1ccc(C#N)c(C(F)(F)F)c1.